The third kappa shape index (κ3) is 3.22. The van der Waals surface area contributed by atoms with Gasteiger partial charge in [-0.25, -0.2) is 9.18 Å². The van der Waals surface area contributed by atoms with E-state index in [9.17, 15) is 14.0 Å². The smallest absolute Gasteiger partial charge is 0.337 e. The van der Waals surface area contributed by atoms with Crippen molar-refractivity contribution in [2.24, 2.45) is 0 Å². The van der Waals surface area contributed by atoms with Gasteiger partial charge in [0, 0.05) is 18.3 Å². The summed E-state index contributed by atoms with van der Waals surface area (Å²) in [6.45, 7) is 2.16. The lowest BCUT2D eigenvalue weighted by atomic mass is 10.1. The summed E-state index contributed by atoms with van der Waals surface area (Å²) in [6, 6.07) is 7.02. The highest BCUT2D eigenvalue weighted by atomic mass is 19.1. The molecule has 1 aromatic carbocycles. The summed E-state index contributed by atoms with van der Waals surface area (Å²) >= 11 is 0. The first-order valence-corrected chi connectivity index (χ1v) is 6.30. The zero-order valence-corrected chi connectivity index (χ0v) is 11.3. The molecule has 0 aliphatic heterocycles. The van der Waals surface area contributed by atoms with Gasteiger partial charge in [-0.3, -0.25) is 9.78 Å². The second-order valence-electron chi connectivity index (χ2n) is 4.29. The maximum absolute atomic E-state index is 13.9. The standard InChI is InChI=1S/C15H13FN2O3/c1-2-17-14(19)11-5-3-9(7-12(11)16)13-6-4-10(8-18-13)15(20)21/h3-8H,2H2,1H3,(H,17,19)(H,20,21). The van der Waals surface area contributed by atoms with Crippen LogP contribution in [0.25, 0.3) is 11.3 Å². The van der Waals surface area contributed by atoms with E-state index in [0.29, 0.717) is 17.8 Å². The van der Waals surface area contributed by atoms with Crippen LogP contribution < -0.4 is 5.32 Å². The topological polar surface area (TPSA) is 79.3 Å². The van der Waals surface area contributed by atoms with E-state index in [1.807, 2.05) is 0 Å². The molecule has 6 heteroatoms. The average molecular weight is 288 g/mol. The molecule has 2 N–H and O–H groups in total. The molecule has 21 heavy (non-hydrogen) atoms. The van der Waals surface area contributed by atoms with Crippen LogP contribution in [0.15, 0.2) is 36.5 Å². The van der Waals surface area contributed by atoms with E-state index in [2.05, 4.69) is 10.3 Å². The lowest BCUT2D eigenvalue weighted by Crippen LogP contribution is -2.23. The number of hydrogen-bond acceptors (Lipinski definition) is 3. The van der Waals surface area contributed by atoms with Crippen molar-refractivity contribution in [3.8, 4) is 11.3 Å². The van der Waals surface area contributed by atoms with Gasteiger partial charge < -0.3 is 10.4 Å². The number of aromatic carboxylic acids is 1. The highest BCUT2D eigenvalue weighted by Crippen LogP contribution is 2.20. The summed E-state index contributed by atoms with van der Waals surface area (Å²) in [5, 5.41) is 11.3. The Bertz CT molecular complexity index is 684. The number of carbonyl (C=O) groups excluding carboxylic acids is 1. The molecule has 0 atom stereocenters. The number of halogens is 1. The third-order valence-electron chi connectivity index (χ3n) is 2.86. The van der Waals surface area contributed by atoms with Crippen LogP contribution in [0.4, 0.5) is 4.39 Å². The summed E-state index contributed by atoms with van der Waals surface area (Å²) in [5.74, 6) is -2.20. The van der Waals surface area contributed by atoms with Crippen molar-refractivity contribution in [1.82, 2.24) is 10.3 Å². The second-order valence-corrected chi connectivity index (χ2v) is 4.29. The normalized spacial score (nSPS) is 10.2. The summed E-state index contributed by atoms with van der Waals surface area (Å²) in [5.41, 5.74) is 0.916. The predicted octanol–water partition coefficient (Wildman–Crippen LogP) is 2.34. The zero-order valence-electron chi connectivity index (χ0n) is 11.3. The molecule has 0 saturated carbocycles. The molecule has 0 radical (unpaired) electrons. The second kappa shape index (κ2) is 6.13. The number of carbonyl (C=O) groups is 2. The number of nitrogens with one attached hydrogen (secondary N) is 1. The summed E-state index contributed by atoms with van der Waals surface area (Å²) in [6.07, 6.45) is 1.20. The van der Waals surface area contributed by atoms with Crippen molar-refractivity contribution in [2.45, 2.75) is 6.92 Å². The lowest BCUT2D eigenvalue weighted by Gasteiger charge is -2.06. The molecule has 2 rings (SSSR count). The molecular formula is C15H13FN2O3. The molecular weight excluding hydrogens is 275 g/mol. The van der Waals surface area contributed by atoms with E-state index in [0.717, 1.165) is 0 Å². The quantitative estimate of drug-likeness (QED) is 0.905. The van der Waals surface area contributed by atoms with Gasteiger partial charge in [0.15, 0.2) is 0 Å². The van der Waals surface area contributed by atoms with E-state index in [4.69, 9.17) is 5.11 Å². The number of aromatic nitrogens is 1. The van der Waals surface area contributed by atoms with Gasteiger partial charge in [0.05, 0.1) is 16.8 Å². The predicted molar refractivity (Wildman–Crippen MR) is 74.6 cm³/mol. The first-order chi connectivity index (χ1) is 10.0. The molecule has 1 heterocycles. The fraction of sp³-hybridized carbons (Fsp3) is 0.133. The monoisotopic (exact) mass is 288 g/mol. The van der Waals surface area contributed by atoms with Gasteiger partial charge >= 0.3 is 5.97 Å². The molecule has 0 aliphatic rings. The van der Waals surface area contributed by atoms with Crippen LogP contribution in [0, 0.1) is 5.82 Å². The Kier molecular flexibility index (Phi) is 4.27. The number of nitrogens with zero attached hydrogens (tertiary/aromatic N) is 1. The number of benzene rings is 1. The molecule has 108 valence electrons. The Labute approximate surface area is 120 Å². The Morgan fingerprint density at radius 1 is 1.29 bits per heavy atom. The van der Waals surface area contributed by atoms with Crippen molar-refractivity contribution in [2.75, 3.05) is 6.54 Å². The van der Waals surface area contributed by atoms with Crippen LogP contribution in [-0.2, 0) is 0 Å². The van der Waals surface area contributed by atoms with Gasteiger partial charge in [-0.05, 0) is 31.2 Å². The molecule has 0 aliphatic carbocycles. The Hall–Kier alpha value is -2.76. The number of carboxylic acid groups (broad SMARTS) is 1. The highest BCUT2D eigenvalue weighted by Gasteiger charge is 2.12. The van der Waals surface area contributed by atoms with Gasteiger partial charge in [0.2, 0.25) is 0 Å². The van der Waals surface area contributed by atoms with Crippen molar-refractivity contribution >= 4 is 11.9 Å². The minimum Gasteiger partial charge on any atom is -0.478 e. The number of carboxylic acids is 1. The first kappa shape index (κ1) is 14.6. The van der Waals surface area contributed by atoms with E-state index in [1.165, 1.54) is 30.5 Å². The molecule has 2 aromatic rings. The number of amides is 1. The van der Waals surface area contributed by atoms with E-state index in [-0.39, 0.29) is 11.1 Å². The van der Waals surface area contributed by atoms with E-state index >= 15 is 0 Å². The van der Waals surface area contributed by atoms with Crippen molar-refractivity contribution < 1.29 is 19.1 Å². The number of pyridine rings is 1. The maximum atomic E-state index is 13.9. The van der Waals surface area contributed by atoms with Crippen LogP contribution in [-0.4, -0.2) is 28.5 Å². The third-order valence-corrected chi connectivity index (χ3v) is 2.86. The number of rotatable bonds is 4. The minimum absolute atomic E-state index is 0.0391. The lowest BCUT2D eigenvalue weighted by molar-refractivity contribution is 0.0696. The van der Waals surface area contributed by atoms with E-state index in [1.54, 1.807) is 13.0 Å². The van der Waals surface area contributed by atoms with Gasteiger partial charge in [-0.2, -0.15) is 0 Å². The Morgan fingerprint density at radius 2 is 2.05 bits per heavy atom. The van der Waals surface area contributed by atoms with Crippen molar-refractivity contribution in [3.05, 3.63) is 53.5 Å². The Morgan fingerprint density at radius 3 is 2.57 bits per heavy atom. The molecule has 0 spiro atoms. The van der Waals surface area contributed by atoms with Gasteiger partial charge in [0.25, 0.3) is 5.91 Å². The number of hydrogen-bond donors (Lipinski definition) is 2. The Balaban J connectivity index is 2.31. The first-order valence-electron chi connectivity index (χ1n) is 6.30. The van der Waals surface area contributed by atoms with Crippen molar-refractivity contribution in [3.63, 3.8) is 0 Å². The molecule has 0 fully saturated rings. The summed E-state index contributed by atoms with van der Waals surface area (Å²) in [4.78, 5) is 26.3. The molecule has 0 saturated heterocycles. The van der Waals surface area contributed by atoms with Gasteiger partial charge in [-0.1, -0.05) is 6.07 Å². The zero-order chi connectivity index (χ0) is 15.4. The van der Waals surface area contributed by atoms with Crippen LogP contribution >= 0.6 is 0 Å². The van der Waals surface area contributed by atoms with Crippen LogP contribution in [0.1, 0.15) is 27.6 Å². The minimum atomic E-state index is -1.08. The summed E-state index contributed by atoms with van der Waals surface area (Å²) in [7, 11) is 0. The molecule has 0 bridgehead atoms. The molecule has 1 aromatic heterocycles. The highest BCUT2D eigenvalue weighted by molar-refractivity contribution is 5.95. The molecule has 0 unspecified atom stereocenters. The maximum Gasteiger partial charge on any atom is 0.337 e. The largest absolute Gasteiger partial charge is 0.478 e. The average Bonchev–Trinajstić information content (AvgIpc) is 2.47. The molecule has 5 nitrogen and oxygen atoms in total. The van der Waals surface area contributed by atoms with E-state index < -0.39 is 17.7 Å². The van der Waals surface area contributed by atoms with Gasteiger partial charge in [0.1, 0.15) is 5.82 Å². The van der Waals surface area contributed by atoms with Crippen LogP contribution in [0.5, 0.6) is 0 Å². The van der Waals surface area contributed by atoms with Gasteiger partial charge in [-0.15, -0.1) is 0 Å². The van der Waals surface area contributed by atoms with Crippen LogP contribution in [0.2, 0.25) is 0 Å². The van der Waals surface area contributed by atoms with Crippen molar-refractivity contribution in [1.29, 1.82) is 0 Å². The summed E-state index contributed by atoms with van der Waals surface area (Å²) < 4.78 is 13.9. The molecule has 1 amide bonds. The fourth-order valence-corrected chi connectivity index (χ4v) is 1.81. The SMILES string of the molecule is CCNC(=O)c1ccc(-c2ccc(C(=O)O)cn2)cc1F. The van der Waals surface area contributed by atoms with Crippen LogP contribution in [0.3, 0.4) is 0 Å². The fourth-order valence-electron chi connectivity index (χ4n) is 1.81.